The quantitative estimate of drug-likeness (QED) is 0.801. The van der Waals surface area contributed by atoms with E-state index in [4.69, 9.17) is 0 Å². The summed E-state index contributed by atoms with van der Waals surface area (Å²) >= 11 is 0. The van der Waals surface area contributed by atoms with Crippen LogP contribution in [0.15, 0.2) is 24.3 Å². The summed E-state index contributed by atoms with van der Waals surface area (Å²) in [5, 5.41) is 10.7. The molecule has 3 heteroatoms. The van der Waals surface area contributed by atoms with Crippen LogP contribution in [0.1, 0.15) is 56.6 Å². The fourth-order valence-electron chi connectivity index (χ4n) is 2.63. The van der Waals surface area contributed by atoms with Crippen LogP contribution in [0.2, 0.25) is 0 Å². The molecule has 0 spiro atoms. The Morgan fingerprint density at radius 3 is 2.72 bits per heavy atom. The van der Waals surface area contributed by atoms with Crippen molar-refractivity contribution < 1.29 is 9.32 Å². The van der Waals surface area contributed by atoms with Crippen molar-refractivity contribution in [3.05, 3.63) is 35.4 Å². The summed E-state index contributed by atoms with van der Waals surface area (Å²) in [5.41, 5.74) is 1.94. The van der Waals surface area contributed by atoms with Crippen LogP contribution in [-0.4, -0.2) is 9.32 Å². The molecule has 2 atom stereocenters. The van der Waals surface area contributed by atoms with Gasteiger partial charge in [-0.1, -0.05) is 56.9 Å². The van der Waals surface area contributed by atoms with E-state index in [1.807, 2.05) is 24.3 Å². The average Bonchev–Trinajstić information content (AvgIpc) is 2.62. The highest BCUT2D eigenvalue weighted by Crippen LogP contribution is 2.40. The van der Waals surface area contributed by atoms with Crippen LogP contribution >= 0.6 is 0 Å². The number of unbranched alkanes of at least 4 members (excludes halogenated alkanes) is 4. The Hall–Kier alpha value is -0.670. The summed E-state index contributed by atoms with van der Waals surface area (Å²) in [7, 11) is -1.17. The van der Waals surface area contributed by atoms with Crippen molar-refractivity contribution in [3.8, 4) is 0 Å². The molecule has 0 aromatic heterocycles. The van der Waals surface area contributed by atoms with E-state index in [-0.39, 0.29) is 0 Å². The van der Waals surface area contributed by atoms with Gasteiger partial charge in [-0.15, -0.1) is 0 Å². The molecule has 1 aliphatic heterocycles. The lowest BCUT2D eigenvalue weighted by molar-refractivity contribution is 0.120. The van der Waals surface area contributed by atoms with Gasteiger partial charge in [-0.05, 0) is 18.4 Å². The van der Waals surface area contributed by atoms with Gasteiger partial charge in [0.2, 0.25) is 0 Å². The first kappa shape index (κ1) is 13.8. The maximum atomic E-state index is 12.1. The summed E-state index contributed by atoms with van der Waals surface area (Å²) in [4.78, 5) is -1.09. The molecule has 0 aliphatic carbocycles. The molecule has 2 unspecified atom stereocenters. The summed E-state index contributed by atoms with van der Waals surface area (Å²) < 4.78 is 12.1. The highest BCUT2D eigenvalue weighted by atomic mass is 32.2. The van der Waals surface area contributed by atoms with Gasteiger partial charge in [-0.3, -0.25) is 4.21 Å². The van der Waals surface area contributed by atoms with Crippen LogP contribution in [-0.2, 0) is 21.5 Å². The summed E-state index contributed by atoms with van der Waals surface area (Å²) in [6, 6.07) is 7.76. The molecule has 0 amide bonds. The van der Waals surface area contributed by atoms with E-state index in [1.54, 1.807) is 0 Å². The van der Waals surface area contributed by atoms with Crippen LogP contribution in [0.3, 0.4) is 0 Å². The van der Waals surface area contributed by atoms with Crippen molar-refractivity contribution in [2.24, 2.45) is 0 Å². The lowest BCUT2D eigenvalue weighted by Gasteiger charge is -2.22. The molecule has 0 fully saturated rings. The Labute approximate surface area is 112 Å². The van der Waals surface area contributed by atoms with Crippen LogP contribution in [0.5, 0.6) is 0 Å². The highest BCUT2D eigenvalue weighted by molar-refractivity contribution is 7.85. The van der Waals surface area contributed by atoms with Crippen molar-refractivity contribution in [2.45, 2.75) is 56.1 Å². The molecule has 0 saturated heterocycles. The van der Waals surface area contributed by atoms with Crippen molar-refractivity contribution in [1.29, 1.82) is 0 Å². The van der Waals surface area contributed by atoms with Crippen LogP contribution in [0.4, 0.5) is 0 Å². The third-order valence-electron chi connectivity index (χ3n) is 3.72. The summed E-state index contributed by atoms with van der Waals surface area (Å²) in [6.45, 7) is 2.19. The molecule has 0 saturated carbocycles. The second-order valence-corrected chi connectivity index (χ2v) is 6.75. The summed E-state index contributed by atoms with van der Waals surface area (Å²) in [6.07, 6.45) is 6.38. The lowest BCUT2D eigenvalue weighted by Crippen LogP contribution is -2.27. The predicted octanol–water partition coefficient (Wildman–Crippen LogP) is 3.45. The molecule has 1 N–H and O–H groups in total. The first-order chi connectivity index (χ1) is 8.68. The minimum Gasteiger partial charge on any atom is -0.373 e. The van der Waals surface area contributed by atoms with E-state index in [2.05, 4.69) is 6.92 Å². The number of hydrogen-bond donors (Lipinski definition) is 1. The van der Waals surface area contributed by atoms with Crippen molar-refractivity contribution in [3.63, 3.8) is 0 Å². The molecule has 100 valence electrons. The van der Waals surface area contributed by atoms with E-state index in [0.29, 0.717) is 12.2 Å². The monoisotopic (exact) mass is 266 g/mol. The zero-order chi connectivity index (χ0) is 13.0. The second-order valence-electron chi connectivity index (χ2n) is 5.10. The minimum atomic E-state index is -1.17. The maximum absolute atomic E-state index is 12.1. The van der Waals surface area contributed by atoms with Gasteiger partial charge in [0, 0.05) is 5.56 Å². The third kappa shape index (κ3) is 2.67. The number of rotatable bonds is 6. The Morgan fingerprint density at radius 2 is 1.94 bits per heavy atom. The predicted molar refractivity (Wildman–Crippen MR) is 75.6 cm³/mol. The minimum absolute atomic E-state index is 0.502. The zero-order valence-electron chi connectivity index (χ0n) is 11.0. The first-order valence-electron chi connectivity index (χ1n) is 6.87. The molecule has 1 heterocycles. The van der Waals surface area contributed by atoms with Crippen molar-refractivity contribution in [1.82, 2.24) is 0 Å². The fraction of sp³-hybridized carbons (Fsp3) is 0.600. The smallest absolute Gasteiger partial charge is 0.165 e. The Morgan fingerprint density at radius 1 is 1.22 bits per heavy atom. The highest BCUT2D eigenvalue weighted by Gasteiger charge is 2.42. The van der Waals surface area contributed by atoms with Gasteiger partial charge in [0.15, 0.2) is 4.93 Å². The molecular formula is C15H22O2S. The Kier molecular flexibility index (Phi) is 4.57. The standard InChI is InChI=1S/C15H22O2S/c1-2-3-4-5-8-11-15(16)14-10-7-6-9-13(14)12-18(15)17/h6-7,9-10,16H,2-5,8,11-12H2,1H3. The number of aliphatic hydroxyl groups is 1. The molecule has 1 aromatic carbocycles. The van der Waals surface area contributed by atoms with Gasteiger partial charge in [0.25, 0.3) is 0 Å². The van der Waals surface area contributed by atoms with Gasteiger partial charge in [-0.2, -0.15) is 0 Å². The Bertz CT molecular complexity index is 430. The van der Waals surface area contributed by atoms with Gasteiger partial charge in [-0.25, -0.2) is 0 Å². The number of hydrogen-bond acceptors (Lipinski definition) is 2. The van der Waals surface area contributed by atoms with Crippen LogP contribution in [0, 0.1) is 0 Å². The molecule has 2 rings (SSSR count). The summed E-state index contributed by atoms with van der Waals surface area (Å²) in [5.74, 6) is 0.502. The van der Waals surface area contributed by atoms with Crippen LogP contribution < -0.4 is 0 Å². The zero-order valence-corrected chi connectivity index (χ0v) is 11.8. The molecule has 0 radical (unpaired) electrons. The second kappa shape index (κ2) is 5.98. The van der Waals surface area contributed by atoms with Gasteiger partial charge in [0.05, 0.1) is 16.6 Å². The van der Waals surface area contributed by atoms with E-state index >= 15 is 0 Å². The molecule has 0 bridgehead atoms. The van der Waals surface area contributed by atoms with E-state index in [1.165, 1.54) is 19.3 Å². The van der Waals surface area contributed by atoms with Crippen LogP contribution in [0.25, 0.3) is 0 Å². The maximum Gasteiger partial charge on any atom is 0.165 e. The topological polar surface area (TPSA) is 37.3 Å². The molecule has 1 aliphatic rings. The fourth-order valence-corrected chi connectivity index (χ4v) is 4.22. The SMILES string of the molecule is CCCCCCCC1(O)c2ccccc2CS1=O. The van der Waals surface area contributed by atoms with Gasteiger partial charge in [0.1, 0.15) is 0 Å². The number of fused-ring (bicyclic) bond motifs is 1. The van der Waals surface area contributed by atoms with Crippen molar-refractivity contribution >= 4 is 10.8 Å². The number of benzene rings is 1. The first-order valence-corrected chi connectivity index (χ1v) is 8.19. The van der Waals surface area contributed by atoms with Gasteiger partial charge < -0.3 is 5.11 Å². The van der Waals surface area contributed by atoms with E-state index in [9.17, 15) is 9.32 Å². The van der Waals surface area contributed by atoms with E-state index in [0.717, 1.165) is 24.0 Å². The molecule has 1 aromatic rings. The average molecular weight is 266 g/mol. The van der Waals surface area contributed by atoms with E-state index < -0.39 is 15.7 Å². The molecular weight excluding hydrogens is 244 g/mol. The largest absolute Gasteiger partial charge is 0.373 e. The molecule has 18 heavy (non-hydrogen) atoms. The van der Waals surface area contributed by atoms with Gasteiger partial charge >= 0.3 is 0 Å². The Balaban J connectivity index is 2.00. The van der Waals surface area contributed by atoms with Crippen molar-refractivity contribution in [2.75, 3.05) is 0 Å². The lowest BCUT2D eigenvalue weighted by atomic mass is 9.98. The third-order valence-corrected chi connectivity index (χ3v) is 5.47. The normalized spacial score (nSPS) is 26.2. The molecule has 2 nitrogen and oxygen atoms in total.